The average molecular weight is 532 g/mol. The standard InChI is InChI=1S/C12H6F3N3O2.C12H8F3N3/c13-12(14,15)10-5-9(11(19)20)18(17-10)8-3-1-2-7(4-8)6-16;1-8-5-11(12(13,14)15)17-18(8)10-4-2-3-9(6-10)7-16/h1-5H,(H,19,20);2-6H,1H3. The number of hydrogen-bond donors (Lipinski definition) is 1. The molecule has 0 aliphatic rings. The first-order chi connectivity index (χ1) is 17.7. The van der Waals surface area contributed by atoms with Crippen LogP contribution in [0.15, 0.2) is 60.7 Å². The third-order valence-corrected chi connectivity index (χ3v) is 4.84. The number of aryl methyl sites for hydroxylation is 1. The number of alkyl halides is 6. The van der Waals surface area contributed by atoms with E-state index in [0.717, 1.165) is 6.07 Å². The molecule has 0 amide bonds. The van der Waals surface area contributed by atoms with E-state index < -0.39 is 35.4 Å². The molecule has 38 heavy (non-hydrogen) atoms. The minimum absolute atomic E-state index is 0.0666. The minimum atomic E-state index is -4.75. The molecule has 2 aromatic carbocycles. The van der Waals surface area contributed by atoms with E-state index in [9.17, 15) is 31.1 Å². The van der Waals surface area contributed by atoms with Crippen molar-refractivity contribution in [3.63, 3.8) is 0 Å². The largest absolute Gasteiger partial charge is 0.477 e. The Labute approximate surface area is 210 Å². The van der Waals surface area contributed by atoms with E-state index in [-0.39, 0.29) is 11.3 Å². The Bertz CT molecular complexity index is 1570. The fraction of sp³-hybridized carbons (Fsp3) is 0.125. The minimum Gasteiger partial charge on any atom is -0.477 e. The smallest absolute Gasteiger partial charge is 0.435 e. The fourth-order valence-corrected chi connectivity index (χ4v) is 3.16. The molecule has 0 saturated carbocycles. The molecule has 0 fully saturated rings. The molecule has 0 aliphatic heterocycles. The molecule has 1 N–H and O–H groups in total. The number of rotatable bonds is 3. The van der Waals surface area contributed by atoms with E-state index in [0.29, 0.717) is 27.7 Å². The number of aromatic nitrogens is 4. The third kappa shape index (κ3) is 6.17. The van der Waals surface area contributed by atoms with Gasteiger partial charge in [-0.25, -0.2) is 14.2 Å². The number of halogens is 6. The first kappa shape index (κ1) is 27.5. The van der Waals surface area contributed by atoms with Gasteiger partial charge in [0.25, 0.3) is 0 Å². The Kier molecular flexibility index (Phi) is 7.58. The van der Waals surface area contributed by atoms with Crippen molar-refractivity contribution in [2.24, 2.45) is 0 Å². The summed E-state index contributed by atoms with van der Waals surface area (Å²) in [4.78, 5) is 11.0. The second-order valence-corrected chi connectivity index (χ2v) is 7.53. The van der Waals surface area contributed by atoms with E-state index in [1.54, 1.807) is 18.2 Å². The summed E-state index contributed by atoms with van der Waals surface area (Å²) in [5.74, 6) is -1.55. The molecule has 194 valence electrons. The summed E-state index contributed by atoms with van der Waals surface area (Å²) in [5.41, 5.74) is -1.47. The van der Waals surface area contributed by atoms with Gasteiger partial charge in [-0.2, -0.15) is 47.1 Å². The summed E-state index contributed by atoms with van der Waals surface area (Å²) < 4.78 is 77.1. The molecule has 8 nitrogen and oxygen atoms in total. The molecule has 2 aromatic heterocycles. The van der Waals surface area contributed by atoms with Crippen molar-refractivity contribution in [2.75, 3.05) is 0 Å². The second-order valence-electron chi connectivity index (χ2n) is 7.53. The van der Waals surface area contributed by atoms with Crippen LogP contribution in [-0.2, 0) is 12.4 Å². The van der Waals surface area contributed by atoms with Gasteiger partial charge in [-0.15, -0.1) is 0 Å². The lowest BCUT2D eigenvalue weighted by Gasteiger charge is -2.04. The van der Waals surface area contributed by atoms with E-state index >= 15 is 0 Å². The Balaban J connectivity index is 0.000000212. The van der Waals surface area contributed by atoms with Crippen molar-refractivity contribution in [2.45, 2.75) is 19.3 Å². The first-order valence-corrected chi connectivity index (χ1v) is 10.3. The number of benzene rings is 2. The highest BCUT2D eigenvalue weighted by molar-refractivity contribution is 5.86. The molecule has 0 radical (unpaired) electrons. The van der Waals surface area contributed by atoms with Gasteiger partial charge in [0, 0.05) is 11.8 Å². The zero-order chi connectivity index (χ0) is 28.3. The summed E-state index contributed by atoms with van der Waals surface area (Å²) >= 11 is 0. The summed E-state index contributed by atoms with van der Waals surface area (Å²) in [7, 11) is 0. The molecule has 4 rings (SSSR count). The molecule has 0 aliphatic carbocycles. The highest BCUT2D eigenvalue weighted by Crippen LogP contribution is 2.30. The van der Waals surface area contributed by atoms with Crippen LogP contribution in [0, 0.1) is 29.6 Å². The van der Waals surface area contributed by atoms with Gasteiger partial charge in [0.2, 0.25) is 0 Å². The van der Waals surface area contributed by atoms with E-state index in [1.165, 1.54) is 41.9 Å². The Morgan fingerprint density at radius 1 is 0.789 bits per heavy atom. The van der Waals surface area contributed by atoms with E-state index in [4.69, 9.17) is 15.6 Å². The van der Waals surface area contributed by atoms with Crippen molar-refractivity contribution in [3.8, 4) is 23.5 Å². The number of aromatic carboxylic acids is 1. The van der Waals surface area contributed by atoms with Gasteiger partial charge >= 0.3 is 18.3 Å². The van der Waals surface area contributed by atoms with Crippen LogP contribution in [-0.4, -0.2) is 30.6 Å². The van der Waals surface area contributed by atoms with Crippen molar-refractivity contribution in [1.29, 1.82) is 10.5 Å². The van der Waals surface area contributed by atoms with Crippen LogP contribution in [0.5, 0.6) is 0 Å². The van der Waals surface area contributed by atoms with Crippen LogP contribution in [0.4, 0.5) is 26.3 Å². The van der Waals surface area contributed by atoms with Gasteiger partial charge in [-0.3, -0.25) is 0 Å². The molecular weight excluding hydrogens is 518 g/mol. The SMILES string of the molecule is Cc1cc(C(F)(F)F)nn1-c1cccc(C#N)c1.N#Cc1cccc(-n2nc(C(F)(F)F)cc2C(=O)O)c1. The van der Waals surface area contributed by atoms with Crippen LogP contribution in [0.1, 0.15) is 38.7 Å². The van der Waals surface area contributed by atoms with Gasteiger partial charge < -0.3 is 5.11 Å². The third-order valence-electron chi connectivity index (χ3n) is 4.84. The predicted molar refractivity (Wildman–Crippen MR) is 118 cm³/mol. The molecular formula is C24H14F6N6O2. The average Bonchev–Trinajstić information content (AvgIpc) is 3.49. The van der Waals surface area contributed by atoms with E-state index in [1.807, 2.05) is 12.1 Å². The van der Waals surface area contributed by atoms with Gasteiger partial charge in [0.1, 0.15) is 0 Å². The molecule has 0 saturated heterocycles. The Morgan fingerprint density at radius 3 is 1.66 bits per heavy atom. The first-order valence-electron chi connectivity index (χ1n) is 10.3. The van der Waals surface area contributed by atoms with Crippen molar-refractivity contribution >= 4 is 5.97 Å². The highest BCUT2D eigenvalue weighted by Gasteiger charge is 2.36. The van der Waals surface area contributed by atoms with Gasteiger partial charge in [0.15, 0.2) is 17.1 Å². The number of hydrogen-bond acceptors (Lipinski definition) is 5. The lowest BCUT2D eigenvalue weighted by Crippen LogP contribution is -2.09. The summed E-state index contributed by atoms with van der Waals surface area (Å²) in [6.45, 7) is 1.53. The van der Waals surface area contributed by atoms with E-state index in [2.05, 4.69) is 10.2 Å². The molecule has 0 spiro atoms. The van der Waals surface area contributed by atoms with Gasteiger partial charge in [0.05, 0.1) is 34.6 Å². The van der Waals surface area contributed by atoms with Crippen LogP contribution < -0.4 is 0 Å². The zero-order valence-corrected chi connectivity index (χ0v) is 19.1. The van der Waals surface area contributed by atoms with Crippen molar-refractivity contribution in [1.82, 2.24) is 19.6 Å². The molecule has 4 aromatic rings. The maximum atomic E-state index is 12.6. The van der Waals surface area contributed by atoms with Crippen molar-refractivity contribution in [3.05, 3.63) is 94.6 Å². The zero-order valence-electron chi connectivity index (χ0n) is 19.1. The quantitative estimate of drug-likeness (QED) is 0.347. The number of nitriles is 2. The van der Waals surface area contributed by atoms with Gasteiger partial charge in [-0.05, 0) is 49.4 Å². The summed E-state index contributed by atoms with van der Waals surface area (Å²) in [6, 6.07) is 16.9. The molecule has 0 atom stereocenters. The number of carboxylic acids is 1. The van der Waals surface area contributed by atoms with Crippen LogP contribution >= 0.6 is 0 Å². The van der Waals surface area contributed by atoms with Crippen molar-refractivity contribution < 1.29 is 36.2 Å². The number of carbonyl (C=O) groups is 1. The normalized spacial score (nSPS) is 11.2. The monoisotopic (exact) mass is 532 g/mol. The van der Waals surface area contributed by atoms with Gasteiger partial charge in [-0.1, -0.05) is 12.1 Å². The maximum absolute atomic E-state index is 12.6. The molecule has 14 heteroatoms. The van der Waals surface area contributed by atoms with Crippen LogP contribution in [0.25, 0.3) is 11.4 Å². The molecule has 0 unspecified atom stereocenters. The highest BCUT2D eigenvalue weighted by atomic mass is 19.4. The summed E-state index contributed by atoms with van der Waals surface area (Å²) in [5, 5.41) is 33.2. The second kappa shape index (κ2) is 10.5. The number of nitrogens with zero attached hydrogens (tertiary/aromatic N) is 6. The molecule has 0 bridgehead atoms. The topological polar surface area (TPSA) is 121 Å². The summed E-state index contributed by atoms with van der Waals surface area (Å²) in [6.07, 6.45) is -9.22. The molecule has 2 heterocycles. The fourth-order valence-electron chi connectivity index (χ4n) is 3.16. The van der Waals surface area contributed by atoms with Crippen LogP contribution in [0.2, 0.25) is 0 Å². The lowest BCUT2D eigenvalue weighted by atomic mass is 10.2. The lowest BCUT2D eigenvalue weighted by molar-refractivity contribution is -0.142. The predicted octanol–water partition coefficient (Wildman–Crippen LogP) is 5.53. The number of carboxylic acid groups (broad SMARTS) is 1. The maximum Gasteiger partial charge on any atom is 0.435 e. The Morgan fingerprint density at radius 2 is 1.24 bits per heavy atom. The van der Waals surface area contributed by atoms with Crippen LogP contribution in [0.3, 0.4) is 0 Å². The Hall–Kier alpha value is -5.11.